The first-order chi connectivity index (χ1) is 20.9. The molecule has 11 heteroatoms. The number of hydrogen-bond donors (Lipinski definition) is 2. The predicted octanol–water partition coefficient (Wildman–Crippen LogP) is 7.46. The Kier molecular flexibility index (Phi) is 9.93. The molecular weight excluding hydrogens is 630 g/mol. The molecule has 2 N–H and O–H groups in total. The minimum Gasteiger partial charge on any atom is -0.493 e. The number of para-hydroxylation sites is 2. The van der Waals surface area contributed by atoms with Crippen molar-refractivity contribution >= 4 is 45.2 Å². The Labute approximate surface area is 264 Å². The van der Waals surface area contributed by atoms with Crippen LogP contribution in [0.25, 0.3) is 0 Å². The number of nitrogens with zero attached hydrogens (tertiary/aromatic N) is 3. The molecule has 0 fully saturated rings. The van der Waals surface area contributed by atoms with E-state index in [0.29, 0.717) is 58.5 Å². The fourth-order valence-electron chi connectivity index (χ4n) is 4.74. The fraction of sp³-hybridized carbons (Fsp3) is 0.281. The summed E-state index contributed by atoms with van der Waals surface area (Å²) in [7, 11) is 1.60. The van der Waals surface area contributed by atoms with Gasteiger partial charge in [-0.2, -0.15) is 4.98 Å². The average Bonchev–Trinajstić information content (AvgIpc) is 3.42. The first kappa shape index (κ1) is 30.5. The van der Waals surface area contributed by atoms with Crippen molar-refractivity contribution in [2.45, 2.75) is 45.0 Å². The summed E-state index contributed by atoms with van der Waals surface area (Å²) in [5.41, 5.74) is 3.60. The lowest BCUT2D eigenvalue weighted by Crippen LogP contribution is -2.31. The number of halogens is 1. The van der Waals surface area contributed by atoms with Crippen LogP contribution in [0.15, 0.2) is 87.6 Å². The largest absolute Gasteiger partial charge is 0.493 e. The topological polar surface area (TPSA) is 99.5 Å². The molecule has 1 atom stereocenters. The van der Waals surface area contributed by atoms with Crippen LogP contribution in [-0.2, 0) is 11.4 Å². The van der Waals surface area contributed by atoms with Crippen LogP contribution in [0.5, 0.6) is 17.2 Å². The van der Waals surface area contributed by atoms with Gasteiger partial charge >= 0.3 is 0 Å². The van der Waals surface area contributed by atoms with Gasteiger partial charge in [-0.1, -0.05) is 64.9 Å². The smallest absolute Gasteiger partial charge is 0.255 e. The van der Waals surface area contributed by atoms with Crippen molar-refractivity contribution < 1.29 is 19.0 Å². The van der Waals surface area contributed by atoms with Crippen molar-refractivity contribution in [2.24, 2.45) is 0 Å². The molecule has 0 bridgehead atoms. The third-order valence-electron chi connectivity index (χ3n) is 6.76. The van der Waals surface area contributed by atoms with E-state index >= 15 is 0 Å². The summed E-state index contributed by atoms with van der Waals surface area (Å²) < 4.78 is 20.4. The molecule has 43 heavy (non-hydrogen) atoms. The molecule has 1 aliphatic heterocycles. The molecule has 0 spiro atoms. The standard InChI is InChI=1S/C32H34BrN5O4S/c1-5-17-43-32-36-31-34-20(3)28(30(39)35-24-9-7-8-10-25(24)41-6-2)29(38(31)37-32)22-13-16-26(27(18-22)40-4)42-19-21-11-14-23(33)15-12-21/h7-16,18,29H,5-6,17,19H2,1-4H3,(H,35,39)(H,34,36,37). The van der Waals surface area contributed by atoms with Gasteiger partial charge in [0.15, 0.2) is 11.5 Å². The summed E-state index contributed by atoms with van der Waals surface area (Å²) in [6.45, 7) is 6.76. The molecule has 5 rings (SSSR count). The summed E-state index contributed by atoms with van der Waals surface area (Å²) in [6.07, 6.45) is 0.995. The summed E-state index contributed by atoms with van der Waals surface area (Å²) in [5, 5.41) is 11.8. The maximum atomic E-state index is 14.0. The van der Waals surface area contributed by atoms with E-state index < -0.39 is 6.04 Å². The van der Waals surface area contributed by atoms with E-state index in [1.807, 2.05) is 80.6 Å². The summed E-state index contributed by atoms with van der Waals surface area (Å²) in [6, 6.07) is 20.5. The van der Waals surface area contributed by atoms with Crippen molar-refractivity contribution in [3.8, 4) is 17.2 Å². The number of fused-ring (bicyclic) bond motifs is 1. The lowest BCUT2D eigenvalue weighted by Gasteiger charge is -2.29. The van der Waals surface area contributed by atoms with E-state index in [1.165, 1.54) is 0 Å². The van der Waals surface area contributed by atoms with Crippen molar-refractivity contribution in [3.63, 3.8) is 0 Å². The van der Waals surface area contributed by atoms with E-state index in [0.717, 1.165) is 27.8 Å². The van der Waals surface area contributed by atoms with E-state index in [1.54, 1.807) is 23.6 Å². The molecule has 224 valence electrons. The van der Waals surface area contributed by atoms with Gasteiger partial charge < -0.3 is 24.8 Å². The minimum atomic E-state index is -0.576. The van der Waals surface area contributed by atoms with E-state index in [-0.39, 0.29) is 5.91 Å². The van der Waals surface area contributed by atoms with Gasteiger partial charge in [0.25, 0.3) is 5.91 Å². The highest BCUT2D eigenvalue weighted by Crippen LogP contribution is 2.40. The van der Waals surface area contributed by atoms with Gasteiger partial charge in [0.1, 0.15) is 18.4 Å². The Bertz CT molecular complexity index is 1620. The van der Waals surface area contributed by atoms with Crippen molar-refractivity contribution in [1.29, 1.82) is 0 Å². The second kappa shape index (κ2) is 14.0. The molecule has 4 aromatic rings. The molecule has 2 heterocycles. The SMILES string of the molecule is CCCSc1nc2n(n1)C(c1ccc(OCc3ccc(Br)cc3)c(OC)c1)C(C(=O)Nc1ccccc1OCC)=C(C)N2. The van der Waals surface area contributed by atoms with Crippen LogP contribution >= 0.6 is 27.7 Å². The average molecular weight is 665 g/mol. The quantitative estimate of drug-likeness (QED) is 0.151. The van der Waals surface area contributed by atoms with Crippen LogP contribution in [-0.4, -0.2) is 40.1 Å². The second-order valence-electron chi connectivity index (χ2n) is 9.79. The number of nitrogens with one attached hydrogen (secondary N) is 2. The molecule has 1 unspecified atom stereocenters. The number of carbonyl (C=O) groups is 1. The van der Waals surface area contributed by atoms with Gasteiger partial charge in [-0.05, 0) is 67.8 Å². The van der Waals surface area contributed by atoms with Crippen molar-refractivity contribution in [3.05, 3.63) is 93.6 Å². The molecule has 0 aliphatic carbocycles. The predicted molar refractivity (Wildman–Crippen MR) is 173 cm³/mol. The van der Waals surface area contributed by atoms with Crippen LogP contribution in [0.1, 0.15) is 44.4 Å². The number of ether oxygens (including phenoxy) is 3. The zero-order valence-corrected chi connectivity index (χ0v) is 26.9. The van der Waals surface area contributed by atoms with E-state index in [4.69, 9.17) is 24.3 Å². The maximum Gasteiger partial charge on any atom is 0.255 e. The molecule has 9 nitrogen and oxygen atoms in total. The van der Waals surface area contributed by atoms with Gasteiger partial charge in [-0.25, -0.2) is 4.68 Å². The lowest BCUT2D eigenvalue weighted by molar-refractivity contribution is -0.113. The number of rotatable bonds is 12. The minimum absolute atomic E-state index is 0.277. The molecule has 0 radical (unpaired) electrons. The number of carbonyl (C=O) groups excluding carboxylic acids is 1. The highest BCUT2D eigenvalue weighted by atomic mass is 79.9. The maximum absolute atomic E-state index is 14.0. The number of methoxy groups -OCH3 is 1. The van der Waals surface area contributed by atoms with E-state index in [9.17, 15) is 4.79 Å². The lowest BCUT2D eigenvalue weighted by atomic mass is 9.94. The van der Waals surface area contributed by atoms with Gasteiger partial charge in [0.05, 0.1) is 25.0 Å². The summed E-state index contributed by atoms with van der Waals surface area (Å²) in [5.74, 6) is 2.93. The van der Waals surface area contributed by atoms with E-state index in [2.05, 4.69) is 33.5 Å². The summed E-state index contributed by atoms with van der Waals surface area (Å²) >= 11 is 5.05. The zero-order chi connectivity index (χ0) is 30.3. The monoisotopic (exact) mass is 663 g/mol. The van der Waals surface area contributed by atoms with Crippen LogP contribution in [0, 0.1) is 0 Å². The number of allylic oxidation sites excluding steroid dienone is 1. The highest BCUT2D eigenvalue weighted by Gasteiger charge is 2.35. The highest BCUT2D eigenvalue weighted by molar-refractivity contribution is 9.10. The summed E-state index contributed by atoms with van der Waals surface area (Å²) in [4.78, 5) is 18.7. The molecule has 0 saturated carbocycles. The second-order valence-corrected chi connectivity index (χ2v) is 11.8. The van der Waals surface area contributed by atoms with Crippen LogP contribution in [0.4, 0.5) is 11.6 Å². The van der Waals surface area contributed by atoms with Crippen LogP contribution in [0.3, 0.4) is 0 Å². The zero-order valence-electron chi connectivity index (χ0n) is 24.5. The third kappa shape index (κ3) is 7.00. The Morgan fingerprint density at radius 2 is 1.84 bits per heavy atom. The molecule has 1 aliphatic rings. The van der Waals surface area contributed by atoms with Crippen LogP contribution in [0.2, 0.25) is 0 Å². The molecule has 0 saturated heterocycles. The Morgan fingerprint density at radius 1 is 1.05 bits per heavy atom. The van der Waals surface area contributed by atoms with Crippen molar-refractivity contribution in [2.75, 3.05) is 30.1 Å². The molecular formula is C32H34BrN5O4S. The Morgan fingerprint density at radius 3 is 2.58 bits per heavy atom. The molecule has 1 aromatic heterocycles. The number of aromatic nitrogens is 3. The Balaban J connectivity index is 1.51. The van der Waals surface area contributed by atoms with Gasteiger partial charge in [-0.15, -0.1) is 5.10 Å². The first-order valence-electron chi connectivity index (χ1n) is 14.1. The third-order valence-corrected chi connectivity index (χ3v) is 8.33. The van der Waals surface area contributed by atoms with Gasteiger partial charge in [-0.3, -0.25) is 4.79 Å². The number of amides is 1. The normalized spacial score (nSPS) is 14.1. The number of thioether (sulfide) groups is 1. The van der Waals surface area contributed by atoms with Crippen molar-refractivity contribution in [1.82, 2.24) is 14.8 Å². The fourth-order valence-corrected chi connectivity index (χ4v) is 5.69. The number of hydrogen-bond acceptors (Lipinski definition) is 8. The Hall–Kier alpha value is -3.96. The number of benzene rings is 3. The molecule has 1 amide bonds. The van der Waals surface area contributed by atoms with Crippen LogP contribution < -0.4 is 24.8 Å². The van der Waals surface area contributed by atoms with Gasteiger partial charge in [0.2, 0.25) is 11.1 Å². The first-order valence-corrected chi connectivity index (χ1v) is 15.8. The molecule has 3 aromatic carbocycles. The number of anilines is 2. The van der Waals surface area contributed by atoms with Gasteiger partial charge in [0, 0.05) is 15.9 Å².